The summed E-state index contributed by atoms with van der Waals surface area (Å²) in [5.74, 6) is 0.979. The molecule has 0 radical (unpaired) electrons. The van der Waals surface area contributed by atoms with Crippen LogP contribution in [0.5, 0.6) is 0 Å². The fourth-order valence-electron chi connectivity index (χ4n) is 2.78. The Hall–Kier alpha value is -0.840. The highest BCUT2D eigenvalue weighted by atomic mass is 32.2. The van der Waals surface area contributed by atoms with Gasteiger partial charge >= 0.3 is 0 Å². The minimum atomic E-state index is 0.392. The maximum atomic E-state index is 6.13. The molecule has 0 saturated heterocycles. The molecule has 1 fully saturated rings. The van der Waals surface area contributed by atoms with Crippen molar-refractivity contribution in [3.63, 3.8) is 0 Å². The third-order valence-corrected chi connectivity index (χ3v) is 5.44. The second-order valence-electron chi connectivity index (χ2n) is 5.13. The Kier molecular flexibility index (Phi) is 4.10. The lowest BCUT2D eigenvalue weighted by Crippen LogP contribution is -2.30. The zero-order valence-electron chi connectivity index (χ0n) is 11.6. The zero-order valence-corrected chi connectivity index (χ0v) is 12.4. The summed E-state index contributed by atoms with van der Waals surface area (Å²) in [6.45, 7) is 3.07. The minimum absolute atomic E-state index is 0.392. The molecule has 1 aliphatic rings. The van der Waals surface area contributed by atoms with Gasteiger partial charge in [-0.25, -0.2) is 0 Å². The van der Waals surface area contributed by atoms with E-state index in [0.717, 1.165) is 30.2 Å². The van der Waals surface area contributed by atoms with E-state index in [-0.39, 0.29) is 0 Å². The molecule has 1 aromatic rings. The Morgan fingerprint density at radius 1 is 1.44 bits per heavy atom. The topological polar surface area (TPSA) is 55.9 Å². The lowest BCUT2D eigenvalue weighted by atomic mass is 10.1. The highest BCUT2D eigenvalue weighted by Gasteiger charge is 2.33. The van der Waals surface area contributed by atoms with E-state index in [1.54, 1.807) is 0 Å². The molecule has 0 aromatic carbocycles. The van der Waals surface area contributed by atoms with Crippen LogP contribution in [0.2, 0.25) is 0 Å². The van der Waals surface area contributed by atoms with Gasteiger partial charge in [-0.2, -0.15) is 16.9 Å². The fraction of sp³-hybridized carbons (Fsp3) is 0.769. The monoisotopic (exact) mass is 268 g/mol. The van der Waals surface area contributed by atoms with Crippen molar-refractivity contribution in [2.75, 3.05) is 23.9 Å². The Balaban J connectivity index is 2.08. The summed E-state index contributed by atoms with van der Waals surface area (Å²) in [5.41, 5.74) is 7.94. The predicted octanol–water partition coefficient (Wildman–Crippen LogP) is 2.65. The molecule has 0 spiro atoms. The van der Waals surface area contributed by atoms with Crippen LogP contribution in [0.1, 0.15) is 38.3 Å². The summed E-state index contributed by atoms with van der Waals surface area (Å²) >= 11 is 1.99. The lowest BCUT2D eigenvalue weighted by Gasteiger charge is -2.27. The molecule has 3 N–H and O–H groups in total. The number of aromatic nitrogens is 2. The minimum Gasteiger partial charge on any atom is -0.394 e. The first-order valence-electron chi connectivity index (χ1n) is 6.72. The van der Waals surface area contributed by atoms with Gasteiger partial charge in [-0.15, -0.1) is 0 Å². The number of rotatable bonds is 5. The molecule has 1 heterocycles. The van der Waals surface area contributed by atoms with Gasteiger partial charge in [0.05, 0.1) is 11.4 Å². The first-order valence-corrected chi connectivity index (χ1v) is 7.95. The summed E-state index contributed by atoms with van der Waals surface area (Å²) in [6, 6.07) is 0. The normalized spacial score (nSPS) is 18.2. The molecule has 0 unspecified atom stereocenters. The van der Waals surface area contributed by atoms with Crippen LogP contribution in [-0.2, 0) is 13.5 Å². The largest absolute Gasteiger partial charge is 0.394 e. The highest BCUT2D eigenvalue weighted by molar-refractivity contribution is 8.00. The number of nitrogen functional groups attached to an aromatic ring is 1. The average Bonchev–Trinajstić information content (AvgIpc) is 2.94. The highest BCUT2D eigenvalue weighted by Crippen LogP contribution is 2.40. The van der Waals surface area contributed by atoms with Crippen LogP contribution in [0.4, 0.5) is 11.5 Å². The third-order valence-electron chi connectivity index (χ3n) is 4.02. The molecule has 4 nitrogen and oxygen atoms in total. The van der Waals surface area contributed by atoms with Gasteiger partial charge in [0.1, 0.15) is 5.82 Å². The van der Waals surface area contributed by atoms with Crippen molar-refractivity contribution in [1.29, 1.82) is 0 Å². The molecule has 0 atom stereocenters. The van der Waals surface area contributed by atoms with Crippen LogP contribution in [0.3, 0.4) is 0 Å². The van der Waals surface area contributed by atoms with E-state index in [9.17, 15) is 0 Å². The third kappa shape index (κ3) is 2.46. The number of nitrogens with two attached hydrogens (primary N) is 1. The molecule has 2 rings (SSSR count). The van der Waals surface area contributed by atoms with Crippen molar-refractivity contribution in [3.8, 4) is 0 Å². The SMILES string of the molecule is CCc1nn(C)c(NCC2(SC)CCCC2)c1N. The lowest BCUT2D eigenvalue weighted by molar-refractivity contribution is 0.633. The molecular formula is C13H24N4S. The number of hydrogen-bond donors (Lipinski definition) is 2. The number of nitrogens with one attached hydrogen (secondary N) is 1. The summed E-state index contributed by atoms with van der Waals surface area (Å²) in [4.78, 5) is 0. The van der Waals surface area contributed by atoms with Gasteiger partial charge in [-0.3, -0.25) is 4.68 Å². The van der Waals surface area contributed by atoms with E-state index >= 15 is 0 Å². The molecule has 5 heteroatoms. The van der Waals surface area contributed by atoms with Gasteiger partial charge in [0.2, 0.25) is 0 Å². The van der Waals surface area contributed by atoms with Crippen molar-refractivity contribution in [3.05, 3.63) is 5.69 Å². The van der Waals surface area contributed by atoms with Crippen molar-refractivity contribution in [2.24, 2.45) is 7.05 Å². The van der Waals surface area contributed by atoms with Crippen LogP contribution >= 0.6 is 11.8 Å². The second kappa shape index (κ2) is 5.43. The first-order chi connectivity index (χ1) is 8.62. The average molecular weight is 268 g/mol. The van der Waals surface area contributed by atoms with E-state index in [0.29, 0.717) is 4.75 Å². The number of thioether (sulfide) groups is 1. The molecule has 0 aliphatic heterocycles. The molecular weight excluding hydrogens is 244 g/mol. The quantitative estimate of drug-likeness (QED) is 0.862. The predicted molar refractivity (Wildman–Crippen MR) is 80.2 cm³/mol. The molecule has 0 bridgehead atoms. The summed E-state index contributed by atoms with van der Waals surface area (Å²) in [7, 11) is 1.96. The zero-order chi connectivity index (χ0) is 13.2. The van der Waals surface area contributed by atoms with E-state index in [4.69, 9.17) is 5.73 Å². The standard InChI is InChI=1S/C13H24N4S/c1-4-10-11(14)12(17(2)16-10)15-9-13(18-3)7-5-6-8-13/h15H,4-9,14H2,1-3H3. The molecule has 102 valence electrons. The second-order valence-corrected chi connectivity index (χ2v) is 6.41. The summed E-state index contributed by atoms with van der Waals surface area (Å²) in [5, 5.41) is 7.97. The maximum Gasteiger partial charge on any atom is 0.147 e. The van der Waals surface area contributed by atoms with Crippen LogP contribution in [0.25, 0.3) is 0 Å². The fourth-order valence-corrected chi connectivity index (χ4v) is 3.70. The van der Waals surface area contributed by atoms with Crippen molar-refractivity contribution in [2.45, 2.75) is 43.8 Å². The maximum absolute atomic E-state index is 6.13. The Bertz CT molecular complexity index is 407. The van der Waals surface area contributed by atoms with Gasteiger partial charge in [0.15, 0.2) is 0 Å². The van der Waals surface area contributed by atoms with Crippen LogP contribution in [0.15, 0.2) is 0 Å². The number of aryl methyl sites for hydroxylation is 2. The van der Waals surface area contributed by atoms with Crippen LogP contribution < -0.4 is 11.1 Å². The number of nitrogens with zero attached hydrogens (tertiary/aromatic N) is 2. The summed E-state index contributed by atoms with van der Waals surface area (Å²) in [6.07, 6.45) is 8.42. The Morgan fingerprint density at radius 2 is 2.11 bits per heavy atom. The van der Waals surface area contributed by atoms with Crippen molar-refractivity contribution < 1.29 is 0 Å². The van der Waals surface area contributed by atoms with E-state index in [1.165, 1.54) is 25.7 Å². The van der Waals surface area contributed by atoms with E-state index in [1.807, 2.05) is 23.5 Å². The van der Waals surface area contributed by atoms with Crippen LogP contribution in [-0.4, -0.2) is 27.3 Å². The molecule has 1 aliphatic carbocycles. The smallest absolute Gasteiger partial charge is 0.147 e. The Morgan fingerprint density at radius 3 is 2.61 bits per heavy atom. The van der Waals surface area contributed by atoms with Crippen LogP contribution in [0, 0.1) is 0 Å². The number of hydrogen-bond acceptors (Lipinski definition) is 4. The molecule has 1 saturated carbocycles. The molecule has 18 heavy (non-hydrogen) atoms. The van der Waals surface area contributed by atoms with E-state index < -0.39 is 0 Å². The van der Waals surface area contributed by atoms with Gasteiger partial charge in [-0.1, -0.05) is 19.8 Å². The van der Waals surface area contributed by atoms with Crippen molar-refractivity contribution >= 4 is 23.3 Å². The van der Waals surface area contributed by atoms with Crippen molar-refractivity contribution in [1.82, 2.24) is 9.78 Å². The van der Waals surface area contributed by atoms with Gasteiger partial charge in [0, 0.05) is 18.3 Å². The van der Waals surface area contributed by atoms with Gasteiger partial charge < -0.3 is 11.1 Å². The van der Waals surface area contributed by atoms with E-state index in [2.05, 4.69) is 23.6 Å². The summed E-state index contributed by atoms with van der Waals surface area (Å²) < 4.78 is 2.26. The molecule has 1 aromatic heterocycles. The Labute approximate surface area is 114 Å². The first kappa shape index (κ1) is 13.6. The van der Waals surface area contributed by atoms with Gasteiger partial charge in [0.25, 0.3) is 0 Å². The van der Waals surface area contributed by atoms with Gasteiger partial charge in [-0.05, 0) is 25.5 Å². The number of anilines is 2. The molecule has 0 amide bonds.